The fourth-order valence-corrected chi connectivity index (χ4v) is 5.01. The number of imide groups is 1. The summed E-state index contributed by atoms with van der Waals surface area (Å²) in [7, 11) is 0. The standard InChI is InChI=1S/C30H28N2O6/c1-2-3-10-17-31(18-27(33)38-32-28(34)24-15-8-9-16-25(24)29(32)35)30(36)37-19-26-22-13-6-4-11-20(22)21-12-5-7-14-23(21)26/h4-9,11-16,26H,2-3,10,17-19H2,1H3. The molecule has 3 aromatic carbocycles. The molecule has 0 atom stereocenters. The number of carbonyl (C=O) groups is 4. The van der Waals surface area contributed by atoms with Crippen molar-refractivity contribution in [2.45, 2.75) is 32.1 Å². The minimum absolute atomic E-state index is 0.116. The van der Waals surface area contributed by atoms with Crippen LogP contribution in [0, 0.1) is 0 Å². The van der Waals surface area contributed by atoms with E-state index < -0.39 is 30.4 Å². The molecule has 0 saturated carbocycles. The lowest BCUT2D eigenvalue weighted by Crippen LogP contribution is -2.41. The summed E-state index contributed by atoms with van der Waals surface area (Å²) >= 11 is 0. The van der Waals surface area contributed by atoms with Gasteiger partial charge >= 0.3 is 12.1 Å². The second-order valence-corrected chi connectivity index (χ2v) is 9.35. The summed E-state index contributed by atoms with van der Waals surface area (Å²) in [6, 6.07) is 22.3. The Hall–Kier alpha value is -4.46. The summed E-state index contributed by atoms with van der Waals surface area (Å²) in [6.07, 6.45) is 1.81. The predicted octanol–water partition coefficient (Wildman–Crippen LogP) is 5.18. The number of hydrogen-bond donors (Lipinski definition) is 0. The van der Waals surface area contributed by atoms with Gasteiger partial charge in [-0.05, 0) is 40.8 Å². The third-order valence-corrected chi connectivity index (χ3v) is 6.90. The SMILES string of the molecule is CCCCCN(CC(=O)ON1C(=O)c2ccccc2C1=O)C(=O)OCC1c2ccccc2-c2ccccc21. The van der Waals surface area contributed by atoms with Gasteiger partial charge in [0, 0.05) is 12.5 Å². The van der Waals surface area contributed by atoms with Crippen molar-refractivity contribution >= 4 is 23.9 Å². The highest BCUT2D eigenvalue weighted by Gasteiger charge is 2.39. The summed E-state index contributed by atoms with van der Waals surface area (Å²) in [5.74, 6) is -2.44. The fraction of sp³-hybridized carbons (Fsp3) is 0.267. The van der Waals surface area contributed by atoms with E-state index in [-0.39, 0.29) is 30.2 Å². The van der Waals surface area contributed by atoms with Crippen molar-refractivity contribution < 1.29 is 28.8 Å². The fourth-order valence-electron chi connectivity index (χ4n) is 5.01. The Labute approximate surface area is 220 Å². The first-order chi connectivity index (χ1) is 18.5. The Kier molecular flexibility index (Phi) is 7.22. The number of unbranched alkanes of at least 4 members (excludes halogenated alkanes) is 2. The van der Waals surface area contributed by atoms with Gasteiger partial charge in [0.25, 0.3) is 11.8 Å². The van der Waals surface area contributed by atoms with Gasteiger partial charge < -0.3 is 9.57 Å². The third-order valence-electron chi connectivity index (χ3n) is 6.90. The second-order valence-electron chi connectivity index (χ2n) is 9.35. The van der Waals surface area contributed by atoms with Crippen molar-refractivity contribution in [2.75, 3.05) is 19.7 Å². The predicted molar refractivity (Wildman–Crippen MR) is 139 cm³/mol. The quantitative estimate of drug-likeness (QED) is 0.290. The molecule has 8 heteroatoms. The zero-order valence-electron chi connectivity index (χ0n) is 21.1. The summed E-state index contributed by atoms with van der Waals surface area (Å²) in [6.45, 7) is 1.98. The molecule has 0 aromatic heterocycles. The van der Waals surface area contributed by atoms with Gasteiger partial charge in [0.1, 0.15) is 13.2 Å². The van der Waals surface area contributed by atoms with Crippen LogP contribution < -0.4 is 0 Å². The van der Waals surface area contributed by atoms with Gasteiger partial charge in [-0.15, -0.1) is 0 Å². The minimum Gasteiger partial charge on any atom is -0.448 e. The van der Waals surface area contributed by atoms with Crippen LogP contribution in [0.25, 0.3) is 11.1 Å². The Morgan fingerprint density at radius 3 is 1.87 bits per heavy atom. The van der Waals surface area contributed by atoms with E-state index in [0.717, 1.165) is 35.1 Å². The number of amides is 3. The number of hydrogen-bond acceptors (Lipinski definition) is 6. The highest BCUT2D eigenvalue weighted by atomic mass is 16.7. The van der Waals surface area contributed by atoms with Crippen LogP contribution in [0.4, 0.5) is 4.79 Å². The van der Waals surface area contributed by atoms with Crippen molar-refractivity contribution in [3.8, 4) is 11.1 Å². The van der Waals surface area contributed by atoms with Crippen LogP contribution in [0.15, 0.2) is 72.8 Å². The van der Waals surface area contributed by atoms with E-state index >= 15 is 0 Å². The van der Waals surface area contributed by atoms with Gasteiger partial charge in [-0.3, -0.25) is 14.5 Å². The number of nitrogens with zero attached hydrogens (tertiary/aromatic N) is 2. The second kappa shape index (κ2) is 10.9. The maximum atomic E-state index is 13.1. The molecule has 2 aliphatic rings. The first kappa shape index (κ1) is 25.2. The number of hydroxylamine groups is 2. The highest BCUT2D eigenvalue weighted by Crippen LogP contribution is 2.44. The molecule has 0 fully saturated rings. The molecule has 0 unspecified atom stereocenters. The molecule has 3 amide bonds. The zero-order chi connectivity index (χ0) is 26.6. The van der Waals surface area contributed by atoms with Gasteiger partial charge in [-0.2, -0.15) is 0 Å². The molecule has 0 radical (unpaired) electrons. The number of carbonyl (C=O) groups excluding carboxylic acids is 4. The molecule has 38 heavy (non-hydrogen) atoms. The number of ether oxygens (including phenoxy) is 1. The average Bonchev–Trinajstić information content (AvgIpc) is 3.38. The average molecular weight is 513 g/mol. The van der Waals surface area contributed by atoms with E-state index in [1.165, 1.54) is 17.0 Å². The Morgan fingerprint density at radius 2 is 1.32 bits per heavy atom. The third kappa shape index (κ3) is 4.77. The van der Waals surface area contributed by atoms with E-state index in [0.29, 0.717) is 11.5 Å². The van der Waals surface area contributed by atoms with Gasteiger partial charge in [-0.25, -0.2) is 9.59 Å². The number of benzene rings is 3. The highest BCUT2D eigenvalue weighted by molar-refractivity contribution is 6.20. The Balaban J connectivity index is 1.25. The largest absolute Gasteiger partial charge is 0.448 e. The van der Waals surface area contributed by atoms with Crippen molar-refractivity contribution in [2.24, 2.45) is 0 Å². The molecule has 1 aliphatic carbocycles. The molecular weight excluding hydrogens is 484 g/mol. The molecule has 1 heterocycles. The molecule has 8 nitrogen and oxygen atoms in total. The van der Waals surface area contributed by atoms with Gasteiger partial charge in [0.05, 0.1) is 11.1 Å². The lowest BCUT2D eigenvalue weighted by atomic mass is 9.98. The molecule has 0 bridgehead atoms. The molecule has 3 aromatic rings. The number of fused-ring (bicyclic) bond motifs is 4. The van der Waals surface area contributed by atoms with Gasteiger partial charge in [-0.1, -0.05) is 85.5 Å². The number of rotatable bonds is 9. The van der Waals surface area contributed by atoms with E-state index in [2.05, 4.69) is 12.1 Å². The lowest BCUT2D eigenvalue weighted by molar-refractivity contribution is -0.169. The summed E-state index contributed by atoms with van der Waals surface area (Å²) in [5.41, 5.74) is 4.75. The van der Waals surface area contributed by atoms with Crippen molar-refractivity contribution in [3.05, 3.63) is 95.1 Å². The molecule has 0 spiro atoms. The van der Waals surface area contributed by atoms with Crippen LogP contribution in [0.3, 0.4) is 0 Å². The minimum atomic E-state index is -0.899. The molecule has 5 rings (SSSR count). The van der Waals surface area contributed by atoms with Crippen LogP contribution in [-0.2, 0) is 14.4 Å². The molecule has 0 saturated heterocycles. The Bertz CT molecular complexity index is 1320. The first-order valence-electron chi connectivity index (χ1n) is 12.8. The zero-order valence-corrected chi connectivity index (χ0v) is 21.1. The van der Waals surface area contributed by atoms with Gasteiger partial charge in [0.15, 0.2) is 0 Å². The van der Waals surface area contributed by atoms with Crippen LogP contribution in [0.2, 0.25) is 0 Å². The summed E-state index contributed by atoms with van der Waals surface area (Å²) < 4.78 is 5.73. The maximum absolute atomic E-state index is 13.1. The normalized spacial score (nSPS) is 13.7. The molecule has 0 N–H and O–H groups in total. The van der Waals surface area contributed by atoms with Crippen molar-refractivity contribution in [3.63, 3.8) is 0 Å². The molecular formula is C30H28N2O6. The smallest absolute Gasteiger partial charge is 0.410 e. The van der Waals surface area contributed by atoms with Crippen LogP contribution in [0.5, 0.6) is 0 Å². The topological polar surface area (TPSA) is 93.2 Å². The monoisotopic (exact) mass is 512 g/mol. The van der Waals surface area contributed by atoms with E-state index in [9.17, 15) is 19.2 Å². The summed E-state index contributed by atoms with van der Waals surface area (Å²) in [5, 5.41) is 0.453. The van der Waals surface area contributed by atoms with E-state index in [1.54, 1.807) is 12.1 Å². The van der Waals surface area contributed by atoms with E-state index in [1.807, 2.05) is 43.3 Å². The molecule has 194 valence electrons. The van der Waals surface area contributed by atoms with Crippen LogP contribution >= 0.6 is 0 Å². The molecule has 1 aliphatic heterocycles. The van der Waals surface area contributed by atoms with Crippen molar-refractivity contribution in [1.29, 1.82) is 0 Å². The van der Waals surface area contributed by atoms with Crippen LogP contribution in [-0.4, -0.2) is 53.5 Å². The van der Waals surface area contributed by atoms with Crippen molar-refractivity contribution in [1.82, 2.24) is 9.96 Å². The maximum Gasteiger partial charge on any atom is 0.410 e. The van der Waals surface area contributed by atoms with Gasteiger partial charge in [0.2, 0.25) is 0 Å². The van der Waals surface area contributed by atoms with E-state index in [4.69, 9.17) is 9.57 Å². The summed E-state index contributed by atoms with van der Waals surface area (Å²) in [4.78, 5) is 57.4. The first-order valence-corrected chi connectivity index (χ1v) is 12.8. The Morgan fingerprint density at radius 1 is 0.789 bits per heavy atom. The lowest BCUT2D eigenvalue weighted by Gasteiger charge is -2.23. The van der Waals surface area contributed by atoms with Crippen LogP contribution in [0.1, 0.15) is 63.9 Å².